The number of nitrogens with two attached hydrogens (primary N) is 1. The number of nitrogens with one attached hydrogen (secondary N) is 2. The third-order valence-electron chi connectivity index (χ3n) is 2.68. The normalized spacial score (nSPS) is 10.2. The quantitative estimate of drug-likeness (QED) is 0.593. The van der Waals surface area contributed by atoms with E-state index in [4.69, 9.17) is 5.84 Å². The molecule has 0 saturated heterocycles. The molecule has 4 N–H and O–H groups in total. The first kappa shape index (κ1) is 14.4. The van der Waals surface area contributed by atoms with Crippen LogP contribution in [0.1, 0.15) is 15.9 Å². The third-order valence-corrected chi connectivity index (χ3v) is 3.11. The molecule has 2 aromatic rings. The molecule has 1 aromatic carbocycles. The first-order valence-electron chi connectivity index (χ1n) is 5.71. The van der Waals surface area contributed by atoms with Gasteiger partial charge < -0.3 is 10.7 Å². The van der Waals surface area contributed by atoms with E-state index in [1.54, 1.807) is 13.1 Å². The molecule has 1 amide bonds. The van der Waals surface area contributed by atoms with Gasteiger partial charge in [-0.2, -0.15) is 0 Å². The Bertz CT molecular complexity index is 663. The van der Waals surface area contributed by atoms with E-state index in [1.165, 1.54) is 18.2 Å². The van der Waals surface area contributed by atoms with Crippen molar-refractivity contribution >= 4 is 33.3 Å². The Kier molecular flexibility index (Phi) is 4.31. The number of carbonyl (C=O) groups excluding carboxylic acids is 1. The monoisotopic (exact) mass is 338 g/mol. The van der Waals surface area contributed by atoms with Crippen LogP contribution in [0.2, 0.25) is 0 Å². The lowest BCUT2D eigenvalue weighted by molar-refractivity contribution is 0.102. The fourth-order valence-corrected chi connectivity index (χ4v) is 2.15. The largest absolute Gasteiger partial charge is 0.321 e. The van der Waals surface area contributed by atoms with Crippen molar-refractivity contribution in [2.24, 2.45) is 5.84 Å². The van der Waals surface area contributed by atoms with Gasteiger partial charge in [-0.3, -0.25) is 10.6 Å². The highest BCUT2D eigenvalue weighted by Gasteiger charge is 2.15. The van der Waals surface area contributed by atoms with Gasteiger partial charge in [0.05, 0.1) is 11.3 Å². The number of para-hydroxylation sites is 1. The number of carbonyl (C=O) groups is 1. The van der Waals surface area contributed by atoms with Gasteiger partial charge in [0.2, 0.25) is 0 Å². The minimum Gasteiger partial charge on any atom is -0.321 e. The van der Waals surface area contributed by atoms with Gasteiger partial charge in [0.15, 0.2) is 0 Å². The standard InChI is InChI=1S/C13H12BrFN4O/c1-7-5-8(14)6-17-12(7)18-13(20)9-3-2-4-10(15)11(9)19-16/h2-6,19H,16H2,1H3,(H,17,18,20). The molecule has 1 aromatic heterocycles. The summed E-state index contributed by atoms with van der Waals surface area (Å²) in [4.78, 5) is 16.3. The molecule has 20 heavy (non-hydrogen) atoms. The predicted molar refractivity (Wildman–Crippen MR) is 78.8 cm³/mol. The lowest BCUT2D eigenvalue weighted by Gasteiger charge is -2.11. The zero-order valence-corrected chi connectivity index (χ0v) is 12.2. The average molecular weight is 339 g/mol. The van der Waals surface area contributed by atoms with Crippen molar-refractivity contribution in [3.63, 3.8) is 0 Å². The Morgan fingerprint density at radius 1 is 1.45 bits per heavy atom. The number of rotatable bonds is 3. The fourth-order valence-electron chi connectivity index (χ4n) is 1.71. The molecule has 2 rings (SSSR count). The molecule has 0 fully saturated rings. The van der Waals surface area contributed by atoms with Gasteiger partial charge in [0, 0.05) is 10.7 Å². The van der Waals surface area contributed by atoms with Crippen LogP contribution < -0.4 is 16.6 Å². The van der Waals surface area contributed by atoms with Crippen LogP contribution in [-0.4, -0.2) is 10.9 Å². The summed E-state index contributed by atoms with van der Waals surface area (Å²) in [5.41, 5.74) is 3.03. The number of anilines is 2. The van der Waals surface area contributed by atoms with E-state index >= 15 is 0 Å². The van der Waals surface area contributed by atoms with E-state index in [0.29, 0.717) is 5.82 Å². The van der Waals surface area contributed by atoms with Gasteiger partial charge in [-0.15, -0.1) is 0 Å². The van der Waals surface area contributed by atoms with Gasteiger partial charge in [-0.1, -0.05) is 6.07 Å². The Morgan fingerprint density at radius 3 is 2.85 bits per heavy atom. The van der Waals surface area contributed by atoms with E-state index < -0.39 is 11.7 Å². The second kappa shape index (κ2) is 5.98. The number of amides is 1. The van der Waals surface area contributed by atoms with Crippen LogP contribution >= 0.6 is 15.9 Å². The Hall–Kier alpha value is -1.99. The number of aromatic nitrogens is 1. The molecule has 0 bridgehead atoms. The number of hydrogen-bond donors (Lipinski definition) is 3. The van der Waals surface area contributed by atoms with Crippen LogP contribution in [0.4, 0.5) is 15.9 Å². The number of nitrogens with zero attached hydrogens (tertiary/aromatic N) is 1. The van der Waals surface area contributed by atoms with Crippen molar-refractivity contribution in [1.82, 2.24) is 4.98 Å². The summed E-state index contributed by atoms with van der Waals surface area (Å²) in [6.45, 7) is 1.81. The van der Waals surface area contributed by atoms with E-state index in [-0.39, 0.29) is 11.3 Å². The summed E-state index contributed by atoms with van der Waals surface area (Å²) in [5.74, 6) is 4.56. The molecule has 104 valence electrons. The minimum atomic E-state index is -0.597. The number of halogens is 2. The number of hydrogen-bond acceptors (Lipinski definition) is 4. The zero-order chi connectivity index (χ0) is 14.7. The topological polar surface area (TPSA) is 80.0 Å². The van der Waals surface area contributed by atoms with Crippen LogP contribution in [0.3, 0.4) is 0 Å². The van der Waals surface area contributed by atoms with Crippen LogP contribution in [0.5, 0.6) is 0 Å². The Labute approximate surface area is 123 Å². The molecule has 0 saturated carbocycles. The molecule has 7 heteroatoms. The predicted octanol–water partition coefficient (Wildman–Crippen LogP) is 2.83. The SMILES string of the molecule is Cc1cc(Br)cnc1NC(=O)c1cccc(F)c1NN. The van der Waals surface area contributed by atoms with Gasteiger partial charge in [-0.25, -0.2) is 9.37 Å². The van der Waals surface area contributed by atoms with Crippen molar-refractivity contribution in [2.45, 2.75) is 6.92 Å². The Morgan fingerprint density at radius 2 is 2.20 bits per heavy atom. The molecular formula is C13H12BrFN4O. The van der Waals surface area contributed by atoms with Crippen molar-refractivity contribution in [3.05, 3.63) is 51.9 Å². The van der Waals surface area contributed by atoms with Crippen LogP contribution in [0.15, 0.2) is 34.9 Å². The first-order chi connectivity index (χ1) is 9.52. The molecule has 1 heterocycles. The van der Waals surface area contributed by atoms with E-state index in [1.807, 2.05) is 6.07 Å². The van der Waals surface area contributed by atoms with Crippen molar-refractivity contribution in [2.75, 3.05) is 10.7 Å². The van der Waals surface area contributed by atoms with Gasteiger partial charge in [0.25, 0.3) is 5.91 Å². The first-order valence-corrected chi connectivity index (χ1v) is 6.51. The number of pyridine rings is 1. The van der Waals surface area contributed by atoms with E-state index in [0.717, 1.165) is 10.0 Å². The smallest absolute Gasteiger partial charge is 0.259 e. The maximum Gasteiger partial charge on any atom is 0.259 e. The number of hydrazine groups is 1. The number of nitrogen functional groups attached to an aromatic ring is 1. The lowest BCUT2D eigenvalue weighted by Crippen LogP contribution is -2.19. The van der Waals surface area contributed by atoms with Gasteiger partial charge in [0.1, 0.15) is 11.6 Å². The summed E-state index contributed by atoms with van der Waals surface area (Å²) >= 11 is 3.29. The van der Waals surface area contributed by atoms with Crippen LogP contribution in [0.25, 0.3) is 0 Å². The number of aryl methyl sites for hydroxylation is 1. The van der Waals surface area contributed by atoms with Gasteiger partial charge >= 0.3 is 0 Å². The van der Waals surface area contributed by atoms with Crippen LogP contribution in [0, 0.1) is 12.7 Å². The van der Waals surface area contributed by atoms with Gasteiger partial charge in [-0.05, 0) is 46.6 Å². The number of benzene rings is 1. The molecule has 0 unspecified atom stereocenters. The maximum atomic E-state index is 13.5. The van der Waals surface area contributed by atoms with E-state index in [9.17, 15) is 9.18 Å². The fraction of sp³-hybridized carbons (Fsp3) is 0.0769. The highest BCUT2D eigenvalue weighted by atomic mass is 79.9. The summed E-state index contributed by atoms with van der Waals surface area (Å²) in [6.07, 6.45) is 1.57. The third kappa shape index (κ3) is 2.94. The summed E-state index contributed by atoms with van der Waals surface area (Å²) in [7, 11) is 0. The second-order valence-electron chi connectivity index (χ2n) is 4.08. The molecule has 5 nitrogen and oxygen atoms in total. The van der Waals surface area contributed by atoms with Crippen LogP contribution in [-0.2, 0) is 0 Å². The van der Waals surface area contributed by atoms with Crippen molar-refractivity contribution < 1.29 is 9.18 Å². The van der Waals surface area contributed by atoms with E-state index in [2.05, 4.69) is 31.7 Å². The maximum absolute atomic E-state index is 13.5. The molecule has 0 radical (unpaired) electrons. The van der Waals surface area contributed by atoms with Crippen molar-refractivity contribution in [3.8, 4) is 0 Å². The highest BCUT2D eigenvalue weighted by Crippen LogP contribution is 2.21. The molecule has 0 aliphatic heterocycles. The van der Waals surface area contributed by atoms with Crippen molar-refractivity contribution in [1.29, 1.82) is 0 Å². The lowest BCUT2D eigenvalue weighted by atomic mass is 10.1. The average Bonchev–Trinajstić information content (AvgIpc) is 2.41. The molecule has 0 aliphatic carbocycles. The highest BCUT2D eigenvalue weighted by molar-refractivity contribution is 9.10. The second-order valence-corrected chi connectivity index (χ2v) is 5.00. The zero-order valence-electron chi connectivity index (χ0n) is 10.6. The summed E-state index contributed by atoms with van der Waals surface area (Å²) in [6, 6.07) is 5.94. The molecule has 0 aliphatic rings. The Balaban J connectivity index is 2.31. The summed E-state index contributed by atoms with van der Waals surface area (Å²) in [5, 5.41) is 2.62. The molecule has 0 atom stereocenters. The minimum absolute atomic E-state index is 0.0558. The molecular weight excluding hydrogens is 327 g/mol. The summed E-state index contributed by atoms with van der Waals surface area (Å²) < 4.78 is 14.3. The molecule has 0 spiro atoms.